The fourth-order valence-electron chi connectivity index (χ4n) is 3.06. The van der Waals surface area contributed by atoms with Crippen molar-refractivity contribution in [2.45, 2.75) is 26.8 Å². The van der Waals surface area contributed by atoms with Gasteiger partial charge in [-0.05, 0) is 45.2 Å². The molecule has 3 rings (SSSR count). The molecule has 0 unspecified atom stereocenters. The Balaban J connectivity index is 1.78. The van der Waals surface area contributed by atoms with E-state index in [4.69, 9.17) is 0 Å². The molecular formula is C20H20F2N3O2. The number of carbonyl (C=O) groups is 2. The Labute approximate surface area is 156 Å². The molecule has 2 amide bonds. The number of halogens is 2. The summed E-state index contributed by atoms with van der Waals surface area (Å²) in [5.41, 5.74) is 2.16. The zero-order valence-corrected chi connectivity index (χ0v) is 15.2. The number of dihydropyridines is 1. The monoisotopic (exact) mass is 372 g/mol. The van der Waals surface area contributed by atoms with E-state index in [0.717, 1.165) is 23.4 Å². The van der Waals surface area contributed by atoms with Crippen LogP contribution in [-0.2, 0) is 9.59 Å². The van der Waals surface area contributed by atoms with E-state index in [9.17, 15) is 18.4 Å². The SMILES string of the molecule is CC1=C2C=C([C@H](C)C(=O)N[C@@H](C)c3ccc(F)cc3F)C(=O)N[C]2C=CN1. The first kappa shape index (κ1) is 18.8. The van der Waals surface area contributed by atoms with E-state index in [1.165, 1.54) is 6.07 Å². The lowest BCUT2D eigenvalue weighted by Crippen LogP contribution is -2.41. The Morgan fingerprint density at radius 3 is 2.67 bits per heavy atom. The first-order valence-corrected chi connectivity index (χ1v) is 8.57. The molecule has 2 aliphatic heterocycles. The van der Waals surface area contributed by atoms with E-state index in [0.29, 0.717) is 11.6 Å². The summed E-state index contributed by atoms with van der Waals surface area (Å²) in [4.78, 5) is 25.0. The number of benzene rings is 1. The van der Waals surface area contributed by atoms with Crippen molar-refractivity contribution in [3.05, 3.63) is 76.6 Å². The Bertz CT molecular complexity index is 889. The topological polar surface area (TPSA) is 70.2 Å². The fourth-order valence-corrected chi connectivity index (χ4v) is 3.06. The van der Waals surface area contributed by atoms with Crippen LogP contribution in [-0.4, -0.2) is 11.8 Å². The first-order chi connectivity index (χ1) is 12.8. The van der Waals surface area contributed by atoms with Crippen LogP contribution in [0.3, 0.4) is 0 Å². The Kier molecular flexibility index (Phi) is 5.12. The van der Waals surface area contributed by atoms with Gasteiger partial charge < -0.3 is 16.0 Å². The fraction of sp³-hybridized carbons (Fsp3) is 0.250. The van der Waals surface area contributed by atoms with Crippen molar-refractivity contribution in [3.63, 3.8) is 0 Å². The minimum absolute atomic E-state index is 0.176. The third-order valence-corrected chi connectivity index (χ3v) is 4.70. The second-order valence-electron chi connectivity index (χ2n) is 6.60. The summed E-state index contributed by atoms with van der Waals surface area (Å²) >= 11 is 0. The normalized spacial score (nSPS) is 18.9. The van der Waals surface area contributed by atoms with Crippen molar-refractivity contribution < 1.29 is 18.4 Å². The number of carbonyl (C=O) groups excluding carboxylic acids is 2. The van der Waals surface area contributed by atoms with E-state index in [1.54, 1.807) is 32.2 Å². The third kappa shape index (κ3) is 3.77. The molecule has 5 nitrogen and oxygen atoms in total. The number of amides is 2. The van der Waals surface area contributed by atoms with E-state index < -0.39 is 29.5 Å². The molecule has 1 aromatic carbocycles. The van der Waals surface area contributed by atoms with Crippen molar-refractivity contribution in [2.75, 3.05) is 0 Å². The van der Waals surface area contributed by atoms with Crippen LogP contribution in [0.15, 0.2) is 53.4 Å². The molecular weight excluding hydrogens is 352 g/mol. The molecule has 3 N–H and O–H groups in total. The zero-order chi connectivity index (χ0) is 19.7. The van der Waals surface area contributed by atoms with Gasteiger partial charge in [-0.1, -0.05) is 6.07 Å². The Hall–Kier alpha value is -2.96. The maximum absolute atomic E-state index is 13.9. The standard InChI is InChI=1S/C20H20F2N3O2/c1-10(15-9-16-11(2)23-7-6-18(16)25-20(15)27)19(26)24-12(3)14-5-4-13(21)8-17(14)22/h4-10,12,23H,1-3H3,(H,24,26)(H,25,27)/t10-,12-/m0/s1. The van der Waals surface area contributed by atoms with Crippen LogP contribution in [0, 0.1) is 23.6 Å². The molecule has 0 fully saturated rings. The summed E-state index contributed by atoms with van der Waals surface area (Å²) in [5.74, 6) is -2.93. The summed E-state index contributed by atoms with van der Waals surface area (Å²) < 4.78 is 27.0. The summed E-state index contributed by atoms with van der Waals surface area (Å²) in [6, 6.07) is 3.21. The van der Waals surface area contributed by atoms with Crippen molar-refractivity contribution in [1.82, 2.24) is 16.0 Å². The van der Waals surface area contributed by atoms with Crippen LogP contribution in [0.5, 0.6) is 0 Å². The highest BCUT2D eigenvalue weighted by Crippen LogP contribution is 2.29. The number of fused-ring (bicyclic) bond motifs is 1. The summed E-state index contributed by atoms with van der Waals surface area (Å²) in [6.45, 7) is 5.08. The Morgan fingerprint density at radius 2 is 1.96 bits per heavy atom. The predicted molar refractivity (Wildman–Crippen MR) is 96.5 cm³/mol. The highest BCUT2D eigenvalue weighted by molar-refractivity contribution is 6.03. The van der Waals surface area contributed by atoms with Gasteiger partial charge in [-0.15, -0.1) is 0 Å². The lowest BCUT2D eigenvalue weighted by molar-refractivity contribution is -0.126. The largest absolute Gasteiger partial charge is 0.365 e. The number of nitrogens with one attached hydrogen (secondary N) is 3. The molecule has 2 atom stereocenters. The number of hydrogen-bond acceptors (Lipinski definition) is 3. The summed E-state index contributed by atoms with van der Waals surface area (Å²) in [6.07, 6.45) is 5.16. The van der Waals surface area contributed by atoms with Crippen molar-refractivity contribution in [1.29, 1.82) is 0 Å². The molecule has 141 valence electrons. The van der Waals surface area contributed by atoms with Gasteiger partial charge in [0.15, 0.2) is 0 Å². The molecule has 0 saturated carbocycles. The van der Waals surface area contributed by atoms with Crippen molar-refractivity contribution in [2.24, 2.45) is 5.92 Å². The third-order valence-electron chi connectivity index (χ3n) is 4.70. The molecule has 0 spiro atoms. The maximum atomic E-state index is 13.9. The average Bonchev–Trinajstić information content (AvgIpc) is 2.60. The van der Waals surface area contributed by atoms with E-state index >= 15 is 0 Å². The van der Waals surface area contributed by atoms with Crippen LogP contribution < -0.4 is 16.0 Å². The van der Waals surface area contributed by atoms with Crippen molar-refractivity contribution >= 4 is 11.8 Å². The Morgan fingerprint density at radius 1 is 1.22 bits per heavy atom. The van der Waals surface area contributed by atoms with Crippen molar-refractivity contribution in [3.8, 4) is 0 Å². The first-order valence-electron chi connectivity index (χ1n) is 8.57. The minimum atomic E-state index is -0.747. The predicted octanol–water partition coefficient (Wildman–Crippen LogP) is 2.76. The smallest absolute Gasteiger partial charge is 0.249 e. The molecule has 0 saturated heterocycles. The molecule has 1 radical (unpaired) electrons. The quantitative estimate of drug-likeness (QED) is 0.761. The summed E-state index contributed by atoms with van der Waals surface area (Å²) in [5, 5.41) is 8.52. The molecule has 1 aromatic rings. The molecule has 2 heterocycles. The van der Waals surface area contributed by atoms with Gasteiger partial charge in [0.05, 0.1) is 12.0 Å². The van der Waals surface area contributed by atoms with Gasteiger partial charge in [-0.2, -0.15) is 0 Å². The highest BCUT2D eigenvalue weighted by atomic mass is 19.1. The highest BCUT2D eigenvalue weighted by Gasteiger charge is 2.32. The average molecular weight is 372 g/mol. The number of allylic oxidation sites excluding steroid dienone is 1. The van der Waals surface area contributed by atoms with Gasteiger partial charge in [0.2, 0.25) is 11.8 Å². The van der Waals surface area contributed by atoms with Crippen LogP contribution in [0.4, 0.5) is 8.78 Å². The molecule has 0 aromatic heterocycles. The van der Waals surface area contributed by atoms with Crippen LogP contribution in [0.25, 0.3) is 0 Å². The van der Waals surface area contributed by atoms with Gasteiger partial charge in [-0.3, -0.25) is 9.59 Å². The van der Waals surface area contributed by atoms with E-state index in [-0.39, 0.29) is 11.5 Å². The maximum Gasteiger partial charge on any atom is 0.249 e. The molecule has 27 heavy (non-hydrogen) atoms. The molecule has 7 heteroatoms. The minimum Gasteiger partial charge on any atom is -0.365 e. The zero-order valence-electron chi connectivity index (χ0n) is 15.2. The van der Waals surface area contributed by atoms with Crippen LogP contribution in [0.2, 0.25) is 0 Å². The summed E-state index contributed by atoms with van der Waals surface area (Å²) in [7, 11) is 0. The van der Waals surface area contributed by atoms with Gasteiger partial charge >= 0.3 is 0 Å². The van der Waals surface area contributed by atoms with Crippen LogP contribution in [0.1, 0.15) is 32.4 Å². The lowest BCUT2D eigenvalue weighted by atomic mass is 9.89. The second kappa shape index (κ2) is 7.34. The van der Waals surface area contributed by atoms with Gasteiger partial charge in [0, 0.05) is 28.5 Å². The molecule has 0 bridgehead atoms. The van der Waals surface area contributed by atoms with Gasteiger partial charge in [-0.25, -0.2) is 8.78 Å². The van der Waals surface area contributed by atoms with Gasteiger partial charge in [0.1, 0.15) is 17.7 Å². The lowest BCUT2D eigenvalue weighted by Gasteiger charge is -2.29. The van der Waals surface area contributed by atoms with Crippen LogP contribution >= 0.6 is 0 Å². The number of hydrogen-bond donors (Lipinski definition) is 3. The van der Waals surface area contributed by atoms with Gasteiger partial charge in [0.25, 0.3) is 0 Å². The van der Waals surface area contributed by atoms with E-state index in [1.807, 2.05) is 6.92 Å². The second-order valence-corrected chi connectivity index (χ2v) is 6.60. The number of rotatable bonds is 4. The molecule has 0 aliphatic carbocycles. The molecule has 2 aliphatic rings. The van der Waals surface area contributed by atoms with E-state index in [2.05, 4.69) is 16.0 Å².